The molecule has 0 spiro atoms. The average Bonchev–Trinajstić information content (AvgIpc) is 2.73. The van der Waals surface area contributed by atoms with Crippen molar-refractivity contribution in [3.05, 3.63) is 71.8 Å². The van der Waals surface area contributed by atoms with E-state index in [0.29, 0.717) is 23.3 Å². The second-order valence-electron chi connectivity index (χ2n) is 7.01. The van der Waals surface area contributed by atoms with E-state index in [9.17, 15) is 22.4 Å². The first-order valence-corrected chi connectivity index (χ1v) is 12.6. The molecule has 0 aliphatic rings. The lowest BCUT2D eigenvalue weighted by molar-refractivity contribution is 0.00380. The molecule has 0 saturated heterocycles. The Hall–Kier alpha value is -3.00. The summed E-state index contributed by atoms with van der Waals surface area (Å²) in [7, 11) is -9.18. The molecule has 0 bridgehead atoms. The van der Waals surface area contributed by atoms with Gasteiger partial charge in [-0.3, -0.25) is 0 Å². The van der Waals surface area contributed by atoms with E-state index in [1.165, 1.54) is 37.3 Å². The number of nitrogens with zero attached hydrogens (tertiary/aromatic N) is 2. The first kappa shape index (κ1) is 22.7. The van der Waals surface area contributed by atoms with E-state index < -0.39 is 24.1 Å². The van der Waals surface area contributed by atoms with Gasteiger partial charge in [-0.1, -0.05) is 43.7 Å². The number of unbranched alkanes of at least 4 members (excludes halogenated alkanes) is 1. The molecular weight excluding hydrogens is 436 g/mol. The van der Waals surface area contributed by atoms with Gasteiger partial charge in [0.15, 0.2) is 0 Å². The summed E-state index contributed by atoms with van der Waals surface area (Å²) < 4.78 is 56.4. The molecule has 0 heterocycles. The topological polar surface area (TPSA) is 114 Å². The predicted molar refractivity (Wildman–Crippen MR) is 119 cm³/mol. The summed E-state index contributed by atoms with van der Waals surface area (Å²) in [5, 5.41) is 1.31. The van der Waals surface area contributed by atoms with Crippen LogP contribution in [0.1, 0.15) is 25.3 Å². The number of hydrogen-bond acceptors (Lipinski definition) is 5. The third-order valence-corrected chi connectivity index (χ3v) is 9.10. The Balaban J connectivity index is 2.03. The second kappa shape index (κ2) is 9.01. The molecule has 0 radical (unpaired) electrons. The maximum Gasteiger partial charge on any atom is 0.504 e. The highest BCUT2D eigenvalue weighted by Crippen LogP contribution is 2.27. The van der Waals surface area contributed by atoms with Crippen LogP contribution in [-0.2, 0) is 19.7 Å². The van der Waals surface area contributed by atoms with Crippen LogP contribution in [0.25, 0.3) is 16.3 Å². The minimum Gasteiger partial charge on any atom is -0.494 e. The van der Waals surface area contributed by atoms with Gasteiger partial charge in [0, 0.05) is 0 Å². The Morgan fingerprint density at radius 3 is 2.29 bits per heavy atom. The molecule has 9 heteroatoms. The van der Waals surface area contributed by atoms with E-state index in [1.807, 2.05) is 0 Å². The lowest BCUT2D eigenvalue weighted by Gasteiger charge is -2.08. The van der Waals surface area contributed by atoms with Crippen LogP contribution in [-0.4, -0.2) is 32.6 Å². The number of fused-ring (bicyclic) bond motifs is 1. The zero-order valence-electron chi connectivity index (χ0n) is 17.1. The van der Waals surface area contributed by atoms with Crippen LogP contribution in [0, 0.1) is 6.92 Å². The first-order chi connectivity index (χ1) is 14.7. The summed E-state index contributed by atoms with van der Waals surface area (Å²) >= 11 is 0. The van der Waals surface area contributed by atoms with Crippen molar-refractivity contribution in [2.75, 3.05) is 6.61 Å². The number of rotatable bonds is 6. The maximum absolute atomic E-state index is 13.1. The van der Waals surface area contributed by atoms with E-state index in [0.717, 1.165) is 18.2 Å². The van der Waals surface area contributed by atoms with Gasteiger partial charge in [0.05, 0.1) is 16.4 Å². The fourth-order valence-electron chi connectivity index (χ4n) is 3.10. The third-order valence-electron chi connectivity index (χ3n) is 4.78. The number of benzene rings is 3. The summed E-state index contributed by atoms with van der Waals surface area (Å²) in [4.78, 5) is 2.16. The van der Waals surface area contributed by atoms with E-state index in [1.54, 1.807) is 30.3 Å². The monoisotopic (exact) mass is 458 g/mol. The standard InChI is InChI=1S/C22H22N2O5S2/c1-3-4-13-29-19-11-9-18-15-20(12-10-17(18)14-19)30(25,26)22(24-23)31(27,28)21-8-6-5-7-16(21)2/h5-12,14-15H,3-4,13H2,1-2H3. The summed E-state index contributed by atoms with van der Waals surface area (Å²) in [6.45, 7) is 4.18. The number of hydrogen-bond donors (Lipinski definition) is 0. The Labute approximate surface area is 181 Å². The predicted octanol–water partition coefficient (Wildman–Crippen LogP) is 4.16. The summed E-state index contributed by atoms with van der Waals surface area (Å²) in [6.07, 6.45) is 1.93. The molecule has 162 valence electrons. The van der Waals surface area contributed by atoms with Crippen LogP contribution >= 0.6 is 0 Å². The largest absolute Gasteiger partial charge is 0.504 e. The van der Waals surface area contributed by atoms with Crippen LogP contribution in [0.5, 0.6) is 5.75 Å². The van der Waals surface area contributed by atoms with E-state index in [-0.39, 0.29) is 9.79 Å². The van der Waals surface area contributed by atoms with Crippen molar-refractivity contribution < 1.29 is 26.4 Å². The number of ether oxygens (including phenoxy) is 1. The van der Waals surface area contributed by atoms with E-state index in [4.69, 9.17) is 4.74 Å². The zero-order chi connectivity index (χ0) is 22.6. The fraction of sp³-hybridized carbons (Fsp3) is 0.227. The van der Waals surface area contributed by atoms with E-state index >= 15 is 0 Å². The first-order valence-electron chi connectivity index (χ1n) is 9.66. The lowest BCUT2D eigenvalue weighted by atomic mass is 10.1. The molecular formula is C22H22N2O5S2. The molecule has 31 heavy (non-hydrogen) atoms. The maximum atomic E-state index is 13.1. The smallest absolute Gasteiger partial charge is 0.494 e. The van der Waals surface area contributed by atoms with Gasteiger partial charge in [-0.15, -0.1) is 4.79 Å². The molecule has 0 amide bonds. The Morgan fingerprint density at radius 1 is 0.935 bits per heavy atom. The van der Waals surface area contributed by atoms with Crippen LogP contribution in [0.3, 0.4) is 0 Å². The number of sulfone groups is 2. The van der Waals surface area contributed by atoms with Crippen molar-refractivity contribution >= 4 is 34.8 Å². The molecule has 0 saturated carbocycles. The number of aryl methyl sites for hydroxylation is 1. The highest BCUT2D eigenvalue weighted by atomic mass is 32.3. The molecule has 7 nitrogen and oxygen atoms in total. The minimum atomic E-state index is -4.61. The van der Waals surface area contributed by atoms with Crippen molar-refractivity contribution in [2.24, 2.45) is 0 Å². The zero-order valence-corrected chi connectivity index (χ0v) is 18.8. The molecule has 3 aromatic carbocycles. The SMILES string of the molecule is CCCCOc1ccc2cc(S(=O)(=O)C(=[N+]=[N-])S(=O)(=O)c3ccccc3C)ccc2c1. The van der Waals surface area contributed by atoms with Crippen LogP contribution in [0.15, 0.2) is 70.5 Å². The van der Waals surface area contributed by atoms with Gasteiger partial charge in [-0.05, 0) is 60.0 Å². The summed E-state index contributed by atoms with van der Waals surface area (Å²) in [5.74, 6) is 0.663. The second-order valence-corrected chi connectivity index (χ2v) is 11.0. The normalized spacial score (nSPS) is 11.8. The van der Waals surface area contributed by atoms with Crippen molar-refractivity contribution in [3.63, 3.8) is 0 Å². The van der Waals surface area contributed by atoms with Crippen LogP contribution in [0.2, 0.25) is 0 Å². The Morgan fingerprint density at radius 2 is 1.61 bits per heavy atom. The van der Waals surface area contributed by atoms with Crippen LogP contribution < -0.4 is 4.74 Å². The van der Waals surface area contributed by atoms with Gasteiger partial charge in [0.1, 0.15) is 5.75 Å². The van der Waals surface area contributed by atoms with Crippen LogP contribution in [0.4, 0.5) is 0 Å². The highest BCUT2D eigenvalue weighted by Gasteiger charge is 2.44. The van der Waals surface area contributed by atoms with Gasteiger partial charge >= 0.3 is 4.38 Å². The van der Waals surface area contributed by atoms with Crippen molar-refractivity contribution in [2.45, 2.75) is 36.5 Å². The fourth-order valence-corrected chi connectivity index (χ4v) is 6.70. The highest BCUT2D eigenvalue weighted by molar-refractivity contribution is 8.31. The average molecular weight is 459 g/mol. The van der Waals surface area contributed by atoms with Crippen molar-refractivity contribution in [3.8, 4) is 5.75 Å². The van der Waals surface area contributed by atoms with Gasteiger partial charge in [0.2, 0.25) is 0 Å². The van der Waals surface area contributed by atoms with Gasteiger partial charge in [-0.2, -0.15) is 0 Å². The van der Waals surface area contributed by atoms with Gasteiger partial charge in [0.25, 0.3) is 19.7 Å². The molecule has 0 N–H and O–H groups in total. The molecule has 0 aliphatic carbocycles. The Bertz CT molecular complexity index is 1390. The molecule has 0 aromatic heterocycles. The molecule has 3 rings (SSSR count). The summed E-state index contributed by atoms with van der Waals surface area (Å²) in [5.41, 5.74) is 9.72. The van der Waals surface area contributed by atoms with Crippen molar-refractivity contribution in [1.82, 2.24) is 0 Å². The quantitative estimate of drug-likeness (QED) is 0.181. The molecule has 0 unspecified atom stereocenters. The van der Waals surface area contributed by atoms with Crippen molar-refractivity contribution in [1.29, 1.82) is 0 Å². The van der Waals surface area contributed by atoms with Gasteiger partial charge in [-0.25, -0.2) is 16.8 Å². The molecule has 0 fully saturated rings. The molecule has 0 aliphatic heterocycles. The van der Waals surface area contributed by atoms with Gasteiger partial charge < -0.3 is 10.3 Å². The van der Waals surface area contributed by atoms with E-state index in [2.05, 4.69) is 11.7 Å². The Kier molecular flexibility index (Phi) is 6.59. The third kappa shape index (κ3) is 4.54. The minimum absolute atomic E-state index is 0.235. The summed E-state index contributed by atoms with van der Waals surface area (Å²) in [6, 6.07) is 15.3. The lowest BCUT2D eigenvalue weighted by Crippen LogP contribution is -2.26. The molecule has 0 atom stereocenters. The molecule has 3 aromatic rings.